The molecule has 5 rings (SSSR count). The molecule has 0 spiro atoms. The number of likely N-dealkylation sites (tertiary alicyclic amines) is 1. The van der Waals surface area contributed by atoms with Gasteiger partial charge in [-0.15, -0.1) is 11.3 Å². The number of aryl methyl sites for hydroxylation is 1. The lowest BCUT2D eigenvalue weighted by Crippen LogP contribution is -2.45. The summed E-state index contributed by atoms with van der Waals surface area (Å²) >= 11 is 1.89. The molecule has 0 bridgehead atoms. The van der Waals surface area contributed by atoms with Crippen LogP contribution in [0.2, 0.25) is 0 Å². The molecule has 1 unspecified atom stereocenters. The predicted molar refractivity (Wildman–Crippen MR) is 136 cm³/mol. The number of aromatic nitrogens is 1. The number of hydrogen-bond donors (Lipinski definition) is 2. The van der Waals surface area contributed by atoms with Crippen molar-refractivity contribution in [2.75, 3.05) is 26.8 Å². The molecule has 6 heteroatoms. The first kappa shape index (κ1) is 22.3. The number of piperidine rings is 1. The van der Waals surface area contributed by atoms with E-state index in [0.29, 0.717) is 25.1 Å². The summed E-state index contributed by atoms with van der Waals surface area (Å²) in [4.78, 5) is 7.20. The molecule has 5 nitrogen and oxygen atoms in total. The van der Waals surface area contributed by atoms with Gasteiger partial charge in [-0.1, -0.05) is 6.07 Å². The number of nitrogens with zero attached hydrogens (tertiary/aromatic N) is 1. The molecule has 1 aliphatic heterocycles. The summed E-state index contributed by atoms with van der Waals surface area (Å²) in [7, 11) is 1.72. The van der Waals surface area contributed by atoms with Crippen molar-refractivity contribution in [3.63, 3.8) is 0 Å². The van der Waals surface area contributed by atoms with Crippen molar-refractivity contribution in [1.29, 1.82) is 0 Å². The van der Waals surface area contributed by atoms with Crippen LogP contribution in [0.15, 0.2) is 48.5 Å². The summed E-state index contributed by atoms with van der Waals surface area (Å²) < 4.78 is 12.7. The van der Waals surface area contributed by atoms with Crippen LogP contribution >= 0.6 is 11.3 Å². The fourth-order valence-corrected chi connectivity index (χ4v) is 6.25. The van der Waals surface area contributed by atoms with Crippen molar-refractivity contribution in [2.24, 2.45) is 0 Å². The van der Waals surface area contributed by atoms with Crippen molar-refractivity contribution >= 4 is 32.3 Å². The number of aliphatic hydroxyl groups is 1. The normalized spacial score (nSPS) is 20.4. The van der Waals surface area contributed by atoms with E-state index in [0.717, 1.165) is 47.5 Å². The number of nitrogens with one attached hydrogen (secondary N) is 1. The van der Waals surface area contributed by atoms with E-state index >= 15 is 0 Å². The lowest BCUT2D eigenvalue weighted by Gasteiger charge is -2.38. The van der Waals surface area contributed by atoms with Gasteiger partial charge in [0.25, 0.3) is 0 Å². The highest BCUT2D eigenvalue weighted by Crippen LogP contribution is 2.39. The zero-order valence-corrected chi connectivity index (χ0v) is 20.3. The smallest absolute Gasteiger partial charge is 0.128 e. The van der Waals surface area contributed by atoms with Gasteiger partial charge >= 0.3 is 0 Å². The van der Waals surface area contributed by atoms with Gasteiger partial charge in [-0.3, -0.25) is 4.90 Å². The van der Waals surface area contributed by atoms with Gasteiger partial charge < -0.3 is 19.6 Å². The van der Waals surface area contributed by atoms with Gasteiger partial charge in [0.15, 0.2) is 0 Å². The molecular formula is C27H32N2O3S. The molecule has 2 aromatic heterocycles. The Labute approximate surface area is 198 Å². The zero-order chi connectivity index (χ0) is 22.9. The molecule has 3 atom stereocenters. The highest BCUT2D eigenvalue weighted by molar-refractivity contribution is 7.19. The number of benzene rings is 2. The van der Waals surface area contributed by atoms with E-state index in [1.165, 1.54) is 15.0 Å². The molecule has 0 amide bonds. The van der Waals surface area contributed by atoms with Crippen LogP contribution in [-0.4, -0.2) is 53.9 Å². The molecule has 0 radical (unpaired) electrons. The number of fused-ring (bicyclic) bond motifs is 2. The molecule has 4 aromatic rings. The number of β-amino-alcohol motifs (C(OH)–C–C–N with tert-alkyl or cyclic N) is 1. The molecule has 0 aliphatic carbocycles. The summed E-state index contributed by atoms with van der Waals surface area (Å²) in [6.45, 7) is 6.25. The predicted octanol–water partition coefficient (Wildman–Crippen LogP) is 5.71. The first-order valence-corrected chi connectivity index (χ1v) is 12.5. The topological polar surface area (TPSA) is 57.7 Å². The van der Waals surface area contributed by atoms with E-state index in [4.69, 9.17) is 9.47 Å². The fourth-order valence-electron chi connectivity index (χ4n) is 5.01. The Hall–Kier alpha value is -2.54. The summed E-state index contributed by atoms with van der Waals surface area (Å²) in [5.41, 5.74) is 2.17. The van der Waals surface area contributed by atoms with Gasteiger partial charge in [0, 0.05) is 38.8 Å². The standard InChI is InChI=1S/C27H32N2O3S/c1-17-11-23-24(28-17)5-4-6-25(23)32-16-21(30)15-29-10-9-20(12-18(29)2)26-13-19-7-8-22(31-3)14-27(19)33-26/h4-8,11,13-14,18,20-21,28,30H,9-10,12,15-16H2,1-3H3/t18-,20?,21+/m1/s1. The maximum absolute atomic E-state index is 10.7. The van der Waals surface area contributed by atoms with Crippen molar-refractivity contribution in [1.82, 2.24) is 9.88 Å². The number of thiophene rings is 1. The van der Waals surface area contributed by atoms with E-state index in [2.05, 4.69) is 41.1 Å². The molecular weight excluding hydrogens is 432 g/mol. The average molecular weight is 465 g/mol. The van der Waals surface area contributed by atoms with Gasteiger partial charge in [-0.25, -0.2) is 0 Å². The Morgan fingerprint density at radius 3 is 2.91 bits per heavy atom. The zero-order valence-electron chi connectivity index (χ0n) is 19.5. The Bertz CT molecular complexity index is 1250. The Kier molecular flexibility index (Phi) is 6.32. The largest absolute Gasteiger partial charge is 0.497 e. The minimum Gasteiger partial charge on any atom is -0.497 e. The summed E-state index contributed by atoms with van der Waals surface area (Å²) in [5, 5.41) is 13.1. The third-order valence-electron chi connectivity index (χ3n) is 6.80. The molecule has 0 saturated carbocycles. The van der Waals surface area contributed by atoms with E-state index in [1.54, 1.807) is 7.11 Å². The number of hydrogen-bond acceptors (Lipinski definition) is 5. The van der Waals surface area contributed by atoms with Crippen LogP contribution in [0.5, 0.6) is 11.5 Å². The summed E-state index contributed by atoms with van der Waals surface area (Å²) in [5.74, 6) is 2.31. The molecule has 2 N–H and O–H groups in total. The van der Waals surface area contributed by atoms with Crippen LogP contribution in [0.1, 0.15) is 36.3 Å². The van der Waals surface area contributed by atoms with Gasteiger partial charge in [-0.05, 0) is 87.0 Å². The molecule has 174 valence electrons. The summed E-state index contributed by atoms with van der Waals surface area (Å²) in [6, 6.07) is 17.2. The number of H-pyrrole nitrogens is 1. The fraction of sp³-hybridized carbons (Fsp3) is 0.407. The minimum atomic E-state index is -0.518. The van der Waals surface area contributed by atoms with E-state index < -0.39 is 6.10 Å². The molecule has 1 aliphatic rings. The van der Waals surface area contributed by atoms with Crippen LogP contribution in [0.3, 0.4) is 0 Å². The van der Waals surface area contributed by atoms with Crippen LogP contribution in [0.25, 0.3) is 21.0 Å². The SMILES string of the molecule is COc1ccc2cc(C3CCN(C[C@H](O)COc4cccc5[nH]c(C)cc45)[C@H](C)C3)sc2c1. The first-order valence-electron chi connectivity index (χ1n) is 11.7. The van der Waals surface area contributed by atoms with Crippen LogP contribution < -0.4 is 9.47 Å². The van der Waals surface area contributed by atoms with Crippen LogP contribution in [-0.2, 0) is 0 Å². The van der Waals surface area contributed by atoms with Crippen molar-refractivity contribution in [3.05, 3.63) is 59.1 Å². The third kappa shape index (κ3) is 4.74. The summed E-state index contributed by atoms with van der Waals surface area (Å²) in [6.07, 6.45) is 1.71. The van der Waals surface area contributed by atoms with E-state index in [9.17, 15) is 5.11 Å². The van der Waals surface area contributed by atoms with E-state index in [-0.39, 0.29) is 0 Å². The monoisotopic (exact) mass is 464 g/mol. The maximum Gasteiger partial charge on any atom is 0.128 e. The van der Waals surface area contributed by atoms with Gasteiger partial charge in [-0.2, -0.15) is 0 Å². The van der Waals surface area contributed by atoms with E-state index in [1.807, 2.05) is 42.5 Å². The van der Waals surface area contributed by atoms with Gasteiger partial charge in [0.2, 0.25) is 0 Å². The second-order valence-electron chi connectivity index (χ2n) is 9.25. The number of ether oxygens (including phenoxy) is 2. The molecule has 1 saturated heterocycles. The highest BCUT2D eigenvalue weighted by Gasteiger charge is 2.29. The van der Waals surface area contributed by atoms with Crippen molar-refractivity contribution in [3.8, 4) is 11.5 Å². The average Bonchev–Trinajstić information content (AvgIpc) is 3.41. The third-order valence-corrected chi connectivity index (χ3v) is 8.06. The molecule has 2 aromatic carbocycles. The lowest BCUT2D eigenvalue weighted by molar-refractivity contribution is 0.0408. The van der Waals surface area contributed by atoms with Crippen LogP contribution in [0, 0.1) is 6.92 Å². The van der Waals surface area contributed by atoms with Gasteiger partial charge in [0.05, 0.1) is 7.11 Å². The maximum atomic E-state index is 10.7. The Balaban J connectivity index is 1.17. The number of aliphatic hydroxyl groups excluding tert-OH is 1. The second kappa shape index (κ2) is 9.37. The Morgan fingerprint density at radius 2 is 2.09 bits per heavy atom. The first-order chi connectivity index (χ1) is 16.0. The lowest BCUT2D eigenvalue weighted by atomic mass is 9.90. The minimum absolute atomic E-state index is 0.300. The van der Waals surface area contributed by atoms with Crippen molar-refractivity contribution in [2.45, 2.75) is 44.8 Å². The quantitative estimate of drug-likeness (QED) is 0.368. The molecule has 1 fully saturated rings. The number of rotatable bonds is 7. The Morgan fingerprint density at radius 1 is 1.21 bits per heavy atom. The van der Waals surface area contributed by atoms with Crippen molar-refractivity contribution < 1.29 is 14.6 Å². The number of methoxy groups -OCH3 is 1. The molecule has 3 heterocycles. The van der Waals surface area contributed by atoms with Gasteiger partial charge in [0.1, 0.15) is 24.2 Å². The highest BCUT2D eigenvalue weighted by atomic mass is 32.1. The molecule has 33 heavy (non-hydrogen) atoms. The second-order valence-corrected chi connectivity index (χ2v) is 10.4. The van der Waals surface area contributed by atoms with Crippen LogP contribution in [0.4, 0.5) is 0 Å². The number of aromatic amines is 1.